The minimum absolute atomic E-state index is 0.145. The zero-order valence-electron chi connectivity index (χ0n) is 18.1. The number of nitrogens with one attached hydrogen (secondary N) is 1. The highest BCUT2D eigenvalue weighted by Gasteiger charge is 2.67. The summed E-state index contributed by atoms with van der Waals surface area (Å²) in [7, 11) is 3.08. The van der Waals surface area contributed by atoms with Crippen LogP contribution < -0.4 is 29.2 Å². The lowest BCUT2D eigenvalue weighted by Gasteiger charge is -2.23. The summed E-state index contributed by atoms with van der Waals surface area (Å²) in [5.74, 6) is 0.629. The van der Waals surface area contributed by atoms with E-state index in [1.807, 2.05) is 18.2 Å². The molecule has 2 saturated heterocycles. The van der Waals surface area contributed by atoms with E-state index in [1.165, 1.54) is 7.11 Å². The number of methoxy groups -OCH3 is 2. The second-order valence-electron chi connectivity index (χ2n) is 8.42. The topological polar surface area (TPSA) is 95.6 Å². The van der Waals surface area contributed by atoms with Crippen LogP contribution in [0.2, 0.25) is 0 Å². The van der Waals surface area contributed by atoms with Crippen LogP contribution in [0.3, 0.4) is 0 Å². The summed E-state index contributed by atoms with van der Waals surface area (Å²) in [5, 5.41) is 2.92. The van der Waals surface area contributed by atoms with Gasteiger partial charge in [0.15, 0.2) is 23.0 Å². The molecule has 1 N–H and O–H groups in total. The van der Waals surface area contributed by atoms with Crippen molar-refractivity contribution in [1.29, 1.82) is 0 Å². The van der Waals surface area contributed by atoms with Crippen LogP contribution in [0, 0.1) is 11.8 Å². The Bertz CT molecular complexity index is 1200. The molecule has 0 unspecified atom stereocenters. The first kappa shape index (κ1) is 19.9. The molecule has 4 aliphatic rings. The number of fused-ring (bicyclic) bond motifs is 2. The minimum Gasteiger partial charge on any atom is -0.493 e. The van der Waals surface area contributed by atoms with E-state index in [2.05, 4.69) is 5.32 Å². The molecule has 0 aliphatic carbocycles. The van der Waals surface area contributed by atoms with Gasteiger partial charge < -0.3 is 33.9 Å². The first-order chi connectivity index (χ1) is 16.0. The lowest BCUT2D eigenvalue weighted by atomic mass is 9.77. The van der Waals surface area contributed by atoms with Gasteiger partial charge in [0.1, 0.15) is 5.60 Å². The Morgan fingerprint density at radius 2 is 1.91 bits per heavy atom. The van der Waals surface area contributed by atoms with E-state index in [1.54, 1.807) is 42.3 Å². The minimum atomic E-state index is -0.822. The van der Waals surface area contributed by atoms with E-state index in [4.69, 9.17) is 23.7 Å². The SMILES string of the molecule is COc1ccc(NC(=O)[C@H]2[C@H]3C(=O)N(c4ccc5c(c4)OCO5)C[C@]34C=C[C@H]2O4)cc1OC. The van der Waals surface area contributed by atoms with Gasteiger partial charge in [-0.2, -0.15) is 0 Å². The van der Waals surface area contributed by atoms with Crippen molar-refractivity contribution in [2.45, 2.75) is 11.7 Å². The molecule has 2 aromatic rings. The second kappa shape index (κ2) is 7.14. The van der Waals surface area contributed by atoms with Crippen molar-refractivity contribution >= 4 is 23.2 Å². The summed E-state index contributed by atoms with van der Waals surface area (Å²) in [6.45, 7) is 0.495. The molecule has 6 rings (SSSR count). The van der Waals surface area contributed by atoms with Gasteiger partial charge in [-0.1, -0.05) is 12.2 Å². The molecule has 2 amide bonds. The van der Waals surface area contributed by atoms with E-state index >= 15 is 0 Å². The highest BCUT2D eigenvalue weighted by Crippen LogP contribution is 2.53. The van der Waals surface area contributed by atoms with Gasteiger partial charge in [0, 0.05) is 23.5 Å². The van der Waals surface area contributed by atoms with Crippen LogP contribution in [-0.4, -0.2) is 51.1 Å². The molecule has 170 valence electrons. The third kappa shape index (κ3) is 2.88. The summed E-state index contributed by atoms with van der Waals surface area (Å²) in [5.41, 5.74) is 0.418. The van der Waals surface area contributed by atoms with Gasteiger partial charge in [0.05, 0.1) is 38.7 Å². The smallest absolute Gasteiger partial charge is 0.234 e. The molecule has 0 aromatic heterocycles. The molecular formula is C24H22N2O7. The van der Waals surface area contributed by atoms with Crippen LogP contribution in [0.4, 0.5) is 11.4 Å². The Hall–Kier alpha value is -3.72. The maximum Gasteiger partial charge on any atom is 0.234 e. The van der Waals surface area contributed by atoms with Gasteiger partial charge in [-0.3, -0.25) is 9.59 Å². The Morgan fingerprint density at radius 1 is 1.09 bits per heavy atom. The number of carbonyl (C=O) groups excluding carboxylic acids is 2. The Balaban J connectivity index is 1.27. The highest BCUT2D eigenvalue weighted by atomic mass is 16.7. The van der Waals surface area contributed by atoms with Gasteiger partial charge >= 0.3 is 0 Å². The van der Waals surface area contributed by atoms with Crippen LogP contribution in [0.1, 0.15) is 0 Å². The van der Waals surface area contributed by atoms with Gasteiger partial charge in [0.2, 0.25) is 18.6 Å². The van der Waals surface area contributed by atoms with Gasteiger partial charge in [-0.15, -0.1) is 0 Å². The van der Waals surface area contributed by atoms with Crippen molar-refractivity contribution in [3.8, 4) is 23.0 Å². The van der Waals surface area contributed by atoms with Crippen molar-refractivity contribution in [2.75, 3.05) is 37.8 Å². The van der Waals surface area contributed by atoms with Crippen LogP contribution in [-0.2, 0) is 14.3 Å². The fourth-order valence-corrected chi connectivity index (χ4v) is 5.21. The lowest BCUT2D eigenvalue weighted by molar-refractivity contribution is -0.128. The van der Waals surface area contributed by atoms with E-state index in [-0.39, 0.29) is 18.6 Å². The van der Waals surface area contributed by atoms with E-state index in [9.17, 15) is 9.59 Å². The lowest BCUT2D eigenvalue weighted by Crippen LogP contribution is -2.41. The standard InChI is InChI=1S/C24H22N2O7/c1-29-15-5-3-13(9-18(15)30-2)25-22(27)20-17-7-8-24(33-17)11-26(23(28)21(20)24)14-4-6-16-19(10-14)32-12-31-16/h3-10,17,20-21H,11-12H2,1-2H3,(H,25,27)/t17-,20-,21+,24-/m1/s1. The number of carbonyl (C=O) groups is 2. The molecule has 9 heteroatoms. The van der Waals surface area contributed by atoms with Gasteiger partial charge in [0.25, 0.3) is 0 Å². The third-order valence-electron chi connectivity index (χ3n) is 6.72. The molecule has 1 spiro atoms. The molecule has 4 heterocycles. The van der Waals surface area contributed by atoms with Crippen molar-refractivity contribution in [3.63, 3.8) is 0 Å². The number of ether oxygens (including phenoxy) is 5. The quantitative estimate of drug-likeness (QED) is 0.699. The predicted molar refractivity (Wildman–Crippen MR) is 117 cm³/mol. The number of nitrogens with zero attached hydrogens (tertiary/aromatic N) is 1. The highest BCUT2D eigenvalue weighted by molar-refractivity contribution is 6.05. The Kier molecular flexibility index (Phi) is 4.31. The zero-order chi connectivity index (χ0) is 22.7. The third-order valence-corrected chi connectivity index (χ3v) is 6.72. The molecule has 2 bridgehead atoms. The number of hydrogen-bond donors (Lipinski definition) is 1. The molecule has 2 fully saturated rings. The number of amides is 2. The molecule has 33 heavy (non-hydrogen) atoms. The fourth-order valence-electron chi connectivity index (χ4n) is 5.21. The normalized spacial score (nSPS) is 28.2. The molecule has 0 radical (unpaired) electrons. The summed E-state index contributed by atoms with van der Waals surface area (Å²) in [6, 6.07) is 10.5. The first-order valence-corrected chi connectivity index (χ1v) is 10.6. The Morgan fingerprint density at radius 3 is 2.73 bits per heavy atom. The van der Waals surface area contributed by atoms with Gasteiger partial charge in [-0.05, 0) is 24.3 Å². The molecule has 4 atom stereocenters. The zero-order valence-corrected chi connectivity index (χ0v) is 18.1. The first-order valence-electron chi connectivity index (χ1n) is 10.6. The number of hydrogen-bond acceptors (Lipinski definition) is 7. The maximum absolute atomic E-state index is 13.5. The maximum atomic E-state index is 13.5. The van der Waals surface area contributed by atoms with E-state index < -0.39 is 23.5 Å². The van der Waals surface area contributed by atoms with Crippen molar-refractivity contribution in [2.24, 2.45) is 11.8 Å². The summed E-state index contributed by atoms with van der Waals surface area (Å²) in [4.78, 5) is 28.5. The average Bonchev–Trinajstić information content (AvgIpc) is 3.59. The van der Waals surface area contributed by atoms with Crippen molar-refractivity contribution in [3.05, 3.63) is 48.6 Å². The molecule has 0 saturated carbocycles. The van der Waals surface area contributed by atoms with Crippen molar-refractivity contribution in [1.82, 2.24) is 0 Å². The molecule has 2 aromatic carbocycles. The summed E-state index contributed by atoms with van der Waals surface area (Å²) >= 11 is 0. The predicted octanol–water partition coefficient (Wildman–Crippen LogP) is 2.36. The van der Waals surface area contributed by atoms with E-state index in [0.717, 1.165) is 0 Å². The monoisotopic (exact) mass is 450 g/mol. The molecular weight excluding hydrogens is 428 g/mol. The van der Waals surface area contributed by atoms with Crippen LogP contribution in [0.25, 0.3) is 0 Å². The average molecular weight is 450 g/mol. The van der Waals surface area contributed by atoms with Crippen LogP contribution in [0.15, 0.2) is 48.6 Å². The number of anilines is 2. The van der Waals surface area contributed by atoms with Crippen molar-refractivity contribution < 1.29 is 33.3 Å². The van der Waals surface area contributed by atoms with E-state index in [0.29, 0.717) is 40.9 Å². The van der Waals surface area contributed by atoms with Gasteiger partial charge in [-0.25, -0.2) is 0 Å². The Labute approximate surface area is 189 Å². The molecule has 4 aliphatic heterocycles. The largest absolute Gasteiger partial charge is 0.493 e. The fraction of sp³-hybridized carbons (Fsp3) is 0.333. The van der Waals surface area contributed by atoms with Crippen LogP contribution in [0.5, 0.6) is 23.0 Å². The molecule has 9 nitrogen and oxygen atoms in total. The number of rotatable bonds is 5. The summed E-state index contributed by atoms with van der Waals surface area (Å²) in [6.07, 6.45) is 3.36. The number of benzene rings is 2. The summed E-state index contributed by atoms with van der Waals surface area (Å²) < 4.78 is 27.6. The second-order valence-corrected chi connectivity index (χ2v) is 8.42. The van der Waals surface area contributed by atoms with Crippen LogP contribution >= 0.6 is 0 Å².